The molecule has 0 bridgehead atoms. The molecule has 1 aromatic rings. The number of amides is 11. The zero-order chi connectivity index (χ0) is 62.7. The van der Waals surface area contributed by atoms with E-state index < -0.39 is 176 Å². The molecule has 83 heavy (non-hydrogen) atoms. The molecule has 1 heterocycles. The number of aliphatic hydroxyl groups excluding tert-OH is 3. The molecule has 1 aliphatic rings. The molecule has 33 heteroatoms. The summed E-state index contributed by atoms with van der Waals surface area (Å²) in [6, 6.07) is -7.43. The quantitative estimate of drug-likeness (QED) is 0.0170. The first-order valence-electron chi connectivity index (χ1n) is 26.5. The van der Waals surface area contributed by atoms with Gasteiger partial charge in [-0.2, -0.15) is 0 Å². The van der Waals surface area contributed by atoms with Gasteiger partial charge in [-0.3, -0.25) is 62.9 Å². The van der Waals surface area contributed by atoms with Gasteiger partial charge >= 0.3 is 11.9 Å². The van der Waals surface area contributed by atoms with Crippen LogP contribution in [-0.2, 0) is 68.7 Å². The van der Waals surface area contributed by atoms with Gasteiger partial charge in [0.15, 0.2) is 5.96 Å². The lowest BCUT2D eigenvalue weighted by Crippen LogP contribution is -2.60. The summed E-state index contributed by atoms with van der Waals surface area (Å²) in [5.74, 6) is -14.2. The highest BCUT2D eigenvalue weighted by molar-refractivity contribution is 5.99. The third kappa shape index (κ3) is 24.6. The number of benzene rings is 1. The van der Waals surface area contributed by atoms with E-state index in [9.17, 15) is 87.9 Å². The number of aliphatic carboxylic acids is 2. The largest absolute Gasteiger partial charge is 0.481 e. The van der Waals surface area contributed by atoms with Crippen LogP contribution in [0.5, 0.6) is 0 Å². The van der Waals surface area contributed by atoms with Crippen LogP contribution < -0.4 is 70.0 Å². The zero-order valence-electron chi connectivity index (χ0n) is 46.7. The normalized spacial score (nSPS) is 16.4. The van der Waals surface area contributed by atoms with E-state index in [0.29, 0.717) is 0 Å². The van der Waals surface area contributed by atoms with Crippen molar-refractivity contribution < 1.29 is 87.9 Å². The predicted octanol–water partition coefficient (Wildman–Crippen LogP) is -8.07. The highest BCUT2D eigenvalue weighted by Crippen LogP contribution is 2.19. The molecule has 2 rings (SSSR count). The molecule has 11 amide bonds. The van der Waals surface area contributed by atoms with Crippen LogP contribution in [0.25, 0.3) is 0 Å². The van der Waals surface area contributed by atoms with E-state index in [0.717, 1.165) is 17.4 Å². The summed E-state index contributed by atoms with van der Waals surface area (Å²) in [5.41, 5.74) is 12.0. The van der Waals surface area contributed by atoms with E-state index in [-0.39, 0.29) is 63.5 Å². The summed E-state index contributed by atoms with van der Waals surface area (Å²) in [7, 11) is 0. The summed E-state index contributed by atoms with van der Waals surface area (Å²) < 4.78 is 0. The van der Waals surface area contributed by atoms with E-state index in [1.807, 2.05) is 0 Å². The molecule has 11 atom stereocenters. The van der Waals surface area contributed by atoms with Crippen molar-refractivity contribution in [2.45, 2.75) is 146 Å². The third-order valence-electron chi connectivity index (χ3n) is 12.6. The second kappa shape index (κ2) is 35.3. The van der Waals surface area contributed by atoms with Crippen LogP contribution in [-0.4, -0.2) is 219 Å². The van der Waals surface area contributed by atoms with Gasteiger partial charge in [0.1, 0.15) is 60.4 Å². The van der Waals surface area contributed by atoms with Gasteiger partial charge in [0.05, 0.1) is 38.8 Å². The Kier molecular flexibility index (Phi) is 30.0. The van der Waals surface area contributed by atoms with Crippen LogP contribution >= 0.6 is 0 Å². The van der Waals surface area contributed by atoms with Crippen molar-refractivity contribution in [3.63, 3.8) is 0 Å². The van der Waals surface area contributed by atoms with Crippen LogP contribution in [0.2, 0.25) is 0 Å². The molecule has 1 aromatic carbocycles. The number of aliphatic hydroxyl groups is 3. The Morgan fingerprint density at radius 3 is 1.63 bits per heavy atom. The van der Waals surface area contributed by atoms with Crippen LogP contribution in [0.3, 0.4) is 0 Å². The summed E-state index contributed by atoms with van der Waals surface area (Å²) in [4.78, 5) is 169. The number of hydrogen-bond donors (Lipinski definition) is 19. The number of carboxylic acids is 2. The molecular formula is C50H79N15O18. The number of hydrogen-bond acceptors (Lipinski definition) is 18. The predicted molar refractivity (Wildman–Crippen MR) is 290 cm³/mol. The maximum atomic E-state index is 13.5. The Morgan fingerprint density at radius 2 is 1.10 bits per heavy atom. The van der Waals surface area contributed by atoms with Crippen molar-refractivity contribution in [1.82, 2.24) is 63.4 Å². The first-order chi connectivity index (χ1) is 39.0. The molecule has 0 radical (unpaired) electrons. The van der Waals surface area contributed by atoms with Crippen molar-refractivity contribution in [3.8, 4) is 0 Å². The van der Waals surface area contributed by atoms with Gasteiger partial charge in [-0.1, -0.05) is 44.2 Å². The molecule has 1 saturated heterocycles. The van der Waals surface area contributed by atoms with Gasteiger partial charge in [-0.05, 0) is 70.8 Å². The van der Waals surface area contributed by atoms with Gasteiger partial charge in [0.2, 0.25) is 65.0 Å². The van der Waals surface area contributed by atoms with Crippen molar-refractivity contribution >= 4 is 82.9 Å². The molecule has 21 N–H and O–H groups in total. The number of nitrogens with zero attached hydrogens (tertiary/aromatic N) is 1. The number of carboxylic acid groups (broad SMARTS) is 2. The summed E-state index contributed by atoms with van der Waals surface area (Å²) in [5, 5.41) is 81.5. The topological polar surface area (TPSA) is 535 Å². The Hall–Kier alpha value is -8.56. The average molecular weight is 1180 g/mol. The van der Waals surface area contributed by atoms with Gasteiger partial charge in [-0.15, -0.1) is 0 Å². The lowest BCUT2D eigenvalue weighted by molar-refractivity contribution is -0.144. The highest BCUT2D eigenvalue weighted by atomic mass is 16.4. The second-order valence-electron chi connectivity index (χ2n) is 19.9. The molecule has 462 valence electrons. The van der Waals surface area contributed by atoms with E-state index in [2.05, 4.69) is 58.5 Å². The standard InChI is InChI=1S/C50H79N15O18/c1-24(2)17-31(43(76)59-30(49(82)83)13-9-15-54-50(52)53)60-41(74)27(5)58-45(78)33(21-66)62-40(73)26(4)56-37(69)20-55-39(72)25(3)57-46(79)34(22-67)63-44(77)32(19-38(70)71)61-47(80)36-14-10-16-65(36)48(81)35(23-68)64-42(75)29(51)18-28-11-7-6-8-12-28/h6-8,11-12,24-27,29-36,66-68H,9-10,13-23,51H2,1-5H3,(H,55,72)(H,56,69)(H,57,79)(H,58,78)(H,59,76)(H,60,74)(H,61,80)(H,62,73)(H,63,77)(H,64,75)(H,70,71)(H,82,83)(H4,52,53,54)/t25-,26-,27-,29-,30-,31-,32-,33-,34-,35-,36-/m0/s1. The third-order valence-corrected chi connectivity index (χ3v) is 12.6. The van der Waals surface area contributed by atoms with Crippen LogP contribution in [0.4, 0.5) is 0 Å². The fourth-order valence-electron chi connectivity index (χ4n) is 8.03. The second-order valence-corrected chi connectivity index (χ2v) is 19.9. The van der Waals surface area contributed by atoms with Gasteiger partial charge in [0, 0.05) is 13.1 Å². The van der Waals surface area contributed by atoms with Crippen LogP contribution in [0, 0.1) is 11.3 Å². The molecule has 33 nitrogen and oxygen atoms in total. The van der Waals surface area contributed by atoms with E-state index >= 15 is 0 Å². The van der Waals surface area contributed by atoms with Gasteiger partial charge in [0.25, 0.3) is 0 Å². The monoisotopic (exact) mass is 1180 g/mol. The molecular weight excluding hydrogens is 1100 g/mol. The highest BCUT2D eigenvalue weighted by Gasteiger charge is 2.40. The van der Waals surface area contributed by atoms with Crippen molar-refractivity contribution in [1.29, 1.82) is 5.41 Å². The first-order valence-corrected chi connectivity index (χ1v) is 26.5. The fraction of sp³-hybridized carbons (Fsp3) is 0.600. The van der Waals surface area contributed by atoms with Crippen LogP contribution in [0.1, 0.15) is 78.7 Å². The van der Waals surface area contributed by atoms with Gasteiger partial charge < -0.3 is 100 Å². The number of carbonyl (C=O) groups excluding carboxylic acids is 11. The van der Waals surface area contributed by atoms with E-state index in [4.69, 9.17) is 16.9 Å². The molecule has 0 spiro atoms. The van der Waals surface area contributed by atoms with Crippen molar-refractivity contribution in [2.24, 2.45) is 17.4 Å². The average Bonchev–Trinajstić information content (AvgIpc) is 4.12. The lowest BCUT2D eigenvalue weighted by atomic mass is 10.0. The Balaban J connectivity index is 1.94. The van der Waals surface area contributed by atoms with E-state index in [1.165, 1.54) is 13.8 Å². The molecule has 1 fully saturated rings. The molecule has 0 unspecified atom stereocenters. The van der Waals surface area contributed by atoms with Crippen molar-refractivity contribution in [2.75, 3.05) is 39.5 Å². The number of carbonyl (C=O) groups is 13. The Morgan fingerprint density at radius 1 is 0.602 bits per heavy atom. The number of nitrogens with two attached hydrogens (primary N) is 2. The summed E-state index contributed by atoms with van der Waals surface area (Å²) in [6.07, 6.45) is -0.388. The first kappa shape index (κ1) is 70.5. The molecule has 1 aliphatic heterocycles. The maximum Gasteiger partial charge on any atom is 0.326 e. The minimum absolute atomic E-state index is 0.0188. The van der Waals surface area contributed by atoms with Gasteiger partial charge in [-0.25, -0.2) is 4.79 Å². The maximum absolute atomic E-state index is 13.5. The van der Waals surface area contributed by atoms with E-state index in [1.54, 1.807) is 44.2 Å². The minimum atomic E-state index is -1.89. The zero-order valence-corrected chi connectivity index (χ0v) is 46.7. The molecule has 0 aromatic heterocycles. The Bertz CT molecular complexity index is 2470. The SMILES string of the molecule is CC(C)C[C@H](NC(=O)[C@H](C)NC(=O)[C@H](CO)NC(=O)[C@H](C)NC(=O)CNC(=O)[C@H](C)NC(=O)[C@H](CO)NC(=O)[C@H](CC(=O)O)NC(=O)[C@@H]1CCCN1C(=O)[C@H](CO)NC(=O)[C@@H](N)Cc1ccccc1)C(=O)N[C@@H](CCCNC(=N)N)C(=O)O. The van der Waals surface area contributed by atoms with Crippen molar-refractivity contribution in [3.05, 3.63) is 35.9 Å². The fourth-order valence-corrected chi connectivity index (χ4v) is 8.03. The summed E-state index contributed by atoms with van der Waals surface area (Å²) >= 11 is 0. The molecule has 0 saturated carbocycles. The van der Waals surface area contributed by atoms with Crippen LogP contribution in [0.15, 0.2) is 30.3 Å². The molecule has 0 aliphatic carbocycles. The summed E-state index contributed by atoms with van der Waals surface area (Å²) in [6.45, 7) is 3.43. The smallest absolute Gasteiger partial charge is 0.326 e. The number of nitrogens with one attached hydrogen (secondary N) is 12. The Labute approximate surface area is 477 Å². The number of likely N-dealkylation sites (tertiary alicyclic amines) is 1. The minimum Gasteiger partial charge on any atom is -0.481 e. The lowest BCUT2D eigenvalue weighted by Gasteiger charge is -2.29. The number of rotatable bonds is 35. The number of guanidine groups is 1.